The maximum absolute atomic E-state index is 13.6. The second-order valence-corrected chi connectivity index (χ2v) is 46.8. The fourth-order valence-electron chi connectivity index (χ4n) is 20.9. The maximum atomic E-state index is 13.6. The summed E-state index contributed by atoms with van der Waals surface area (Å²) in [6.45, 7) is 49.7. The number of carboxylic acid groups (broad SMARTS) is 1. The number of esters is 3. The number of hydrogen-bond acceptors (Lipinski definition) is 22. The molecule has 144 heavy (non-hydrogen) atoms. The van der Waals surface area contributed by atoms with Crippen molar-refractivity contribution in [2.24, 2.45) is 10.6 Å². The summed E-state index contributed by atoms with van der Waals surface area (Å²) in [6, 6.07) is 44.7. The van der Waals surface area contributed by atoms with Gasteiger partial charge in [-0.05, 0) is 291 Å². The normalized spacial score (nSPS) is 19.3. The van der Waals surface area contributed by atoms with E-state index in [4.69, 9.17) is 29.3 Å². The molecule has 3 heterocycles. The van der Waals surface area contributed by atoms with Crippen LogP contribution in [-0.4, -0.2) is 161 Å². The number of carbonyl (C=O) groups is 11. The quantitative estimate of drug-likeness (QED) is 0.0294. The fraction of sp³-hybridized carbons (Fsp3) is 0.487. The van der Waals surface area contributed by atoms with Gasteiger partial charge in [0.15, 0.2) is 17.3 Å². The molecule has 27 nitrogen and oxygen atoms in total. The number of piperidine rings is 2. The molecule has 1 spiro atoms. The molecule has 8 aromatic rings. The Morgan fingerprint density at radius 2 is 0.722 bits per heavy atom. The molecule has 2 fully saturated rings. The third-order valence-corrected chi connectivity index (χ3v) is 28.5. The largest absolute Gasteiger partial charge is 1.00 e. The van der Waals surface area contributed by atoms with Gasteiger partial charge in [-0.25, -0.2) is 33.6 Å². The Balaban J connectivity index is 0.000000212. The van der Waals surface area contributed by atoms with Gasteiger partial charge in [0.2, 0.25) is 0 Å². The molecule has 6 N–H and O–H groups in total. The van der Waals surface area contributed by atoms with Crippen LogP contribution in [0, 0.1) is 5.41 Å². The first-order chi connectivity index (χ1) is 65.5. The molecule has 0 radical (unpaired) electrons. The number of anilines is 1. The van der Waals surface area contributed by atoms with Gasteiger partial charge in [-0.3, -0.25) is 24.2 Å². The molecule has 3 atom stereocenters. The molecule has 0 bridgehead atoms. The Labute approximate surface area is 870 Å². The van der Waals surface area contributed by atoms with Crippen molar-refractivity contribution in [2.75, 3.05) is 52.4 Å². The number of fused-ring (bicyclic) bond motifs is 7. The van der Waals surface area contributed by atoms with Crippen molar-refractivity contribution >= 4 is 92.7 Å². The van der Waals surface area contributed by atoms with E-state index in [1.807, 2.05) is 166 Å². The van der Waals surface area contributed by atoms with Gasteiger partial charge in [0, 0.05) is 102 Å². The van der Waals surface area contributed by atoms with Gasteiger partial charge in [-0.15, -0.1) is 0 Å². The van der Waals surface area contributed by atoms with Crippen LogP contribution in [0.1, 0.15) is 399 Å². The number of aromatic carboxylic acids is 1. The van der Waals surface area contributed by atoms with Crippen LogP contribution in [0.2, 0.25) is 0 Å². The van der Waals surface area contributed by atoms with Crippen molar-refractivity contribution in [2.45, 2.75) is 310 Å². The first kappa shape index (κ1) is 117. The van der Waals surface area contributed by atoms with Gasteiger partial charge in [0.25, 0.3) is 5.91 Å². The van der Waals surface area contributed by atoms with Crippen LogP contribution in [0.3, 0.4) is 0 Å². The van der Waals surface area contributed by atoms with Gasteiger partial charge in [-0.1, -0.05) is 186 Å². The molecule has 9 aliphatic rings. The van der Waals surface area contributed by atoms with E-state index in [0.717, 1.165) is 112 Å². The number of halogens is 1. The number of hydrogen-bond donors (Lipinski definition) is 5. The summed E-state index contributed by atoms with van der Waals surface area (Å²) >= 11 is 3.38. The summed E-state index contributed by atoms with van der Waals surface area (Å²) in [4.78, 5) is 139. The fourth-order valence-corrected chi connectivity index (χ4v) is 21.2. The van der Waals surface area contributed by atoms with Crippen LogP contribution in [0.15, 0.2) is 168 Å². The number of ketones is 3. The van der Waals surface area contributed by atoms with Crippen molar-refractivity contribution in [1.82, 2.24) is 25.8 Å². The number of Topliss-reactive ketones (excluding diaryl/α,β-unsaturated/α-hetero) is 3. The van der Waals surface area contributed by atoms with E-state index in [-0.39, 0.29) is 129 Å². The second-order valence-electron chi connectivity index (χ2n) is 45.8. The van der Waals surface area contributed by atoms with Crippen LogP contribution in [0.5, 0.6) is 0 Å². The standard InChI is InChI=1S/C31H42N4O3.C18H25NO4.C17H23NO4.C13H15NO3.C13H14O3.C11H11BrO.C11H12O.CH4.Li.H2O/c1-29(2,3)38-28(37)33-26-21-30(4,5)25-7-6-22(20-24(25)26)27(36)35-18-12-31(13-19-35)10-16-34(17-11-31)23-8-14-32-15-9-23;1-17(2,3)23-16(21)19-14-10-18(4,5)13-8-7-11(9-12(13)14)15(20)22-6;1-16(2,3)22-15(21)18-13-9-17(4,5)12-7-6-10(14(19)20)8-11(12)13;1-13(2)7-11(14-16)9-6-8(12(15)17-3)4-5-10(9)13;1-13(2)7-11(14)9-6-8(12(15)16-3)4-5-10(9)13;1-11(2)6-10(13)8-5-7(12)3-4-9(8)11;1-11(2)7-10(12)8-5-3-4-6-9(8)11;;;/h6-9,14-15,20,26H,10-13,16-19,21H2,1-5H3,(H,33,37);7-9,14H,10H2,1-6H3,(H,19,21);6-8,13H,9H2,1-5H3,(H,18,21)(H,19,20);4-6,16H,7H2,1-3H3;4-6H,7H2,1-3H3;3-5H,6H2,1-2H3;3-6H,7H2,1-2H3;1H4;;1H2/q;;;;;;;;+1;/p-1/b;;;14-11+;;;;;;. The zero-order chi connectivity index (χ0) is 104. The minimum Gasteiger partial charge on any atom is -0.870 e. The minimum absolute atomic E-state index is 0. The third kappa shape index (κ3) is 28.3. The van der Waals surface area contributed by atoms with Crippen LogP contribution in [-0.2, 0) is 66.3 Å². The van der Waals surface area contributed by atoms with Gasteiger partial charge < -0.3 is 70.0 Å². The van der Waals surface area contributed by atoms with Gasteiger partial charge >= 0.3 is 61.0 Å². The number of carboxylic acids is 1. The van der Waals surface area contributed by atoms with E-state index in [9.17, 15) is 52.7 Å². The van der Waals surface area contributed by atoms with Gasteiger partial charge in [0.1, 0.15) is 16.8 Å². The molecule has 7 aromatic carbocycles. The Bertz CT molecular complexity index is 6130. The predicted molar refractivity (Wildman–Crippen MR) is 557 cm³/mol. The number of aromatic nitrogens is 1. The number of benzene rings is 7. The molecule has 17 rings (SSSR count). The number of alkyl carbamates (subject to hydrolysis) is 3. The topological polar surface area (TPSA) is 381 Å². The van der Waals surface area contributed by atoms with Crippen LogP contribution < -0.4 is 39.7 Å². The molecule has 1 aromatic heterocycles. The molecule has 2 saturated heterocycles. The molecule has 2 aliphatic heterocycles. The molecule has 7 aliphatic carbocycles. The van der Waals surface area contributed by atoms with Crippen molar-refractivity contribution in [3.63, 3.8) is 0 Å². The van der Waals surface area contributed by atoms with E-state index in [2.05, 4.69) is 164 Å². The van der Waals surface area contributed by atoms with Crippen molar-refractivity contribution in [3.05, 3.63) is 268 Å². The number of amides is 4. The number of rotatable bonds is 9. The molecule has 4 amide bonds. The van der Waals surface area contributed by atoms with E-state index in [0.29, 0.717) is 71.0 Å². The second kappa shape index (κ2) is 45.8. The summed E-state index contributed by atoms with van der Waals surface area (Å²) in [5, 5.41) is 30.3. The summed E-state index contributed by atoms with van der Waals surface area (Å²) in [5.41, 5.74) is 16.5. The number of pyridine rings is 1. The Morgan fingerprint density at radius 1 is 0.403 bits per heavy atom. The zero-order valence-electron chi connectivity index (χ0n) is 88.3. The minimum atomic E-state index is -0.969. The van der Waals surface area contributed by atoms with Gasteiger partial charge in [-0.2, -0.15) is 0 Å². The molecular weight excluding hydrogens is 1890 g/mol. The first-order valence-electron chi connectivity index (χ1n) is 48.4. The Morgan fingerprint density at radius 3 is 1.11 bits per heavy atom. The Hall–Kier alpha value is -11.8. The average molecular weight is 2030 g/mol. The monoisotopic (exact) mass is 2030 g/mol. The molecule has 29 heteroatoms. The molecular formula is C115H147BrLiN7O20. The number of nitrogens with one attached hydrogen (secondary N) is 3. The van der Waals surface area contributed by atoms with E-state index in [1.165, 1.54) is 56.5 Å². The van der Waals surface area contributed by atoms with Crippen molar-refractivity contribution in [3.8, 4) is 0 Å². The number of ether oxygens (including phenoxy) is 6. The van der Waals surface area contributed by atoms with E-state index >= 15 is 0 Å². The van der Waals surface area contributed by atoms with Crippen LogP contribution in [0.25, 0.3) is 0 Å². The molecule has 3 unspecified atom stereocenters. The number of carbonyl (C=O) groups excluding carboxylic acids is 10. The predicted octanol–water partition coefficient (Wildman–Crippen LogP) is 21.2. The summed E-state index contributed by atoms with van der Waals surface area (Å²) in [6.07, 6.45) is 11.6. The maximum Gasteiger partial charge on any atom is 1.00 e. The third-order valence-electron chi connectivity index (χ3n) is 28.0. The van der Waals surface area contributed by atoms with Gasteiger partial charge in [0.05, 0.1) is 67.4 Å². The number of oxime groups is 1. The van der Waals surface area contributed by atoms with E-state index in [1.54, 1.807) is 48.5 Å². The van der Waals surface area contributed by atoms with Crippen LogP contribution >= 0.6 is 15.9 Å². The summed E-state index contributed by atoms with van der Waals surface area (Å²) < 4.78 is 31.2. The smallest absolute Gasteiger partial charge is 0.870 e. The molecule has 0 saturated carbocycles. The summed E-state index contributed by atoms with van der Waals surface area (Å²) in [5.74, 6) is -1.38. The first-order valence-corrected chi connectivity index (χ1v) is 49.2. The van der Waals surface area contributed by atoms with Crippen LogP contribution in [0.4, 0.5) is 20.1 Å². The van der Waals surface area contributed by atoms with Crippen molar-refractivity contribution in [1.29, 1.82) is 0 Å². The Kier molecular flexibility index (Phi) is 37.4. The van der Waals surface area contributed by atoms with E-state index < -0.39 is 47.0 Å². The number of nitrogens with zero attached hydrogens (tertiary/aromatic N) is 4. The van der Waals surface area contributed by atoms with Crippen molar-refractivity contribution < 1.29 is 116 Å². The SMILES string of the molecule is C.CC(C)(C)OC(=O)NC1CC(C)(C)c2ccc(C(=O)N3CCC4(CC3)CCN(c3ccncc3)CC4)cc21.CC(C)(C)OC(=O)NC1CC(C)(C)c2ccc(C(=O)O)cc21.CC1(C)CC(=O)c2cc(Br)ccc21.CC1(C)CC(=O)c2ccccc21.COC(=O)c1ccc2c(c1)/C(=N/O)CC2(C)C.COC(=O)c1ccc2c(c1)C(=O)CC2(C)C.COC(=O)c1ccc2c(c1)C(NC(=O)OC(C)(C)C)CC2(C)C.[Li+].[OH-]. The summed E-state index contributed by atoms with van der Waals surface area (Å²) in [7, 11) is 4.04. The number of likely N-dealkylation sites (tertiary alicyclic amines) is 1. The number of methoxy groups -OCH3 is 3. The average Bonchev–Trinajstić information content (AvgIpc) is 1.58. The molecule has 770 valence electrons. The zero-order valence-corrected chi connectivity index (χ0v) is 89.9.